The Morgan fingerprint density at radius 3 is 2.67 bits per heavy atom. The van der Waals surface area contributed by atoms with Crippen LogP contribution in [0.3, 0.4) is 0 Å². The van der Waals surface area contributed by atoms with E-state index in [2.05, 4.69) is 0 Å². The monoisotopic (exact) mass is 125 g/mol. The lowest BCUT2D eigenvalue weighted by Crippen LogP contribution is -2.27. The van der Waals surface area contributed by atoms with Gasteiger partial charge in [-0.3, -0.25) is 4.79 Å². The van der Waals surface area contributed by atoms with Crippen molar-refractivity contribution in [2.75, 3.05) is 0 Å². The van der Waals surface area contributed by atoms with Gasteiger partial charge in [0.2, 0.25) is 5.91 Å². The van der Waals surface area contributed by atoms with Gasteiger partial charge in [0.15, 0.2) is 0 Å². The van der Waals surface area contributed by atoms with E-state index in [0.717, 1.165) is 6.42 Å². The predicted molar refractivity (Wildman–Crippen MR) is 35.7 cm³/mol. The number of hydrogen-bond acceptors (Lipinski definition) is 1. The molecule has 0 saturated carbocycles. The summed E-state index contributed by atoms with van der Waals surface area (Å²) in [5.74, 6) is 0.135. The van der Waals surface area contributed by atoms with Crippen LogP contribution in [0.1, 0.15) is 20.3 Å². The van der Waals surface area contributed by atoms with Crippen molar-refractivity contribution in [2.24, 2.45) is 0 Å². The Morgan fingerprint density at radius 1 is 1.78 bits per heavy atom. The van der Waals surface area contributed by atoms with E-state index in [-0.39, 0.29) is 5.91 Å². The average molecular weight is 125 g/mol. The van der Waals surface area contributed by atoms with Crippen LogP contribution < -0.4 is 0 Å². The fourth-order valence-electron chi connectivity index (χ4n) is 1.05. The lowest BCUT2D eigenvalue weighted by atomic mass is 10.3. The number of hydrogen-bond donors (Lipinski definition) is 0. The highest BCUT2D eigenvalue weighted by molar-refractivity contribution is 5.75. The lowest BCUT2D eigenvalue weighted by Gasteiger charge is -2.17. The molecule has 0 bridgehead atoms. The zero-order valence-corrected chi connectivity index (χ0v) is 5.79. The molecule has 0 aromatic carbocycles. The number of rotatable bonds is 0. The highest BCUT2D eigenvalue weighted by Crippen LogP contribution is 2.12. The van der Waals surface area contributed by atoms with Gasteiger partial charge >= 0.3 is 0 Å². The lowest BCUT2D eigenvalue weighted by molar-refractivity contribution is -0.127. The van der Waals surface area contributed by atoms with Crippen LogP contribution in [0, 0.1) is 0 Å². The van der Waals surface area contributed by atoms with Crippen LogP contribution in [0.2, 0.25) is 0 Å². The first-order chi connectivity index (χ1) is 4.22. The molecular weight excluding hydrogens is 114 g/mol. The molecule has 1 amide bonds. The highest BCUT2D eigenvalue weighted by atomic mass is 16.2. The van der Waals surface area contributed by atoms with E-state index < -0.39 is 0 Å². The second-order valence-corrected chi connectivity index (χ2v) is 2.40. The summed E-state index contributed by atoms with van der Waals surface area (Å²) in [5.41, 5.74) is 0. The second-order valence-electron chi connectivity index (χ2n) is 2.40. The molecule has 0 aromatic rings. The maximum absolute atomic E-state index is 10.7. The Kier molecular flexibility index (Phi) is 1.56. The molecule has 1 atom stereocenters. The number of amides is 1. The molecule has 9 heavy (non-hydrogen) atoms. The molecule has 0 aromatic heterocycles. The van der Waals surface area contributed by atoms with Crippen LogP contribution in [0.15, 0.2) is 12.3 Å². The Hall–Kier alpha value is -0.790. The molecule has 50 valence electrons. The topological polar surface area (TPSA) is 20.3 Å². The van der Waals surface area contributed by atoms with E-state index in [1.807, 2.05) is 19.2 Å². The maximum atomic E-state index is 10.7. The first-order valence-corrected chi connectivity index (χ1v) is 3.17. The molecule has 0 N–H and O–H groups in total. The standard InChI is InChI=1S/C7H11NO/c1-6-4-3-5-8(6)7(2)9/h3,5-6H,4H2,1-2H3. The molecular formula is C7H11NO. The minimum Gasteiger partial charge on any atom is -0.317 e. The van der Waals surface area contributed by atoms with E-state index in [1.54, 1.807) is 11.8 Å². The van der Waals surface area contributed by atoms with Gasteiger partial charge in [-0.2, -0.15) is 0 Å². The average Bonchev–Trinajstić information content (AvgIpc) is 2.13. The molecule has 1 rings (SSSR count). The zero-order chi connectivity index (χ0) is 6.85. The largest absolute Gasteiger partial charge is 0.317 e. The van der Waals surface area contributed by atoms with Gasteiger partial charge in [0.1, 0.15) is 0 Å². The van der Waals surface area contributed by atoms with Crippen LogP contribution in [0.4, 0.5) is 0 Å². The molecule has 1 unspecified atom stereocenters. The van der Waals surface area contributed by atoms with E-state index in [9.17, 15) is 4.79 Å². The van der Waals surface area contributed by atoms with Crippen molar-refractivity contribution in [3.63, 3.8) is 0 Å². The van der Waals surface area contributed by atoms with E-state index in [1.165, 1.54) is 0 Å². The summed E-state index contributed by atoms with van der Waals surface area (Å²) in [5, 5.41) is 0. The molecule has 2 heteroatoms. The SMILES string of the molecule is CC(=O)N1C=CCC1C. The Labute approximate surface area is 55.2 Å². The van der Waals surface area contributed by atoms with E-state index >= 15 is 0 Å². The summed E-state index contributed by atoms with van der Waals surface area (Å²) in [6.07, 6.45) is 4.87. The van der Waals surface area contributed by atoms with E-state index in [0.29, 0.717) is 6.04 Å². The van der Waals surface area contributed by atoms with Crippen molar-refractivity contribution < 1.29 is 4.79 Å². The quantitative estimate of drug-likeness (QED) is 0.475. The molecule has 0 spiro atoms. The summed E-state index contributed by atoms with van der Waals surface area (Å²) in [4.78, 5) is 12.5. The highest BCUT2D eigenvalue weighted by Gasteiger charge is 2.16. The van der Waals surface area contributed by atoms with Gasteiger partial charge in [0, 0.05) is 19.2 Å². The molecule has 1 aliphatic rings. The van der Waals surface area contributed by atoms with Crippen molar-refractivity contribution >= 4 is 5.91 Å². The molecule has 1 heterocycles. The molecule has 2 nitrogen and oxygen atoms in total. The van der Waals surface area contributed by atoms with Gasteiger partial charge in [0.25, 0.3) is 0 Å². The number of carbonyl (C=O) groups is 1. The van der Waals surface area contributed by atoms with Crippen LogP contribution in [-0.2, 0) is 4.79 Å². The Morgan fingerprint density at radius 2 is 2.44 bits per heavy atom. The summed E-state index contributed by atoms with van der Waals surface area (Å²) < 4.78 is 0. The predicted octanol–water partition coefficient (Wildman–Crippen LogP) is 1.14. The number of nitrogens with zero attached hydrogens (tertiary/aromatic N) is 1. The summed E-state index contributed by atoms with van der Waals surface area (Å²) in [6.45, 7) is 3.63. The summed E-state index contributed by atoms with van der Waals surface area (Å²) in [6, 6.07) is 0.377. The molecule has 0 saturated heterocycles. The third-order valence-electron chi connectivity index (χ3n) is 1.58. The van der Waals surface area contributed by atoms with Gasteiger partial charge in [-0.25, -0.2) is 0 Å². The first-order valence-electron chi connectivity index (χ1n) is 3.17. The van der Waals surface area contributed by atoms with Gasteiger partial charge in [-0.05, 0) is 13.3 Å². The minimum absolute atomic E-state index is 0.135. The van der Waals surface area contributed by atoms with Crippen molar-refractivity contribution in [3.8, 4) is 0 Å². The molecule has 1 aliphatic heterocycles. The maximum Gasteiger partial charge on any atom is 0.223 e. The van der Waals surface area contributed by atoms with Crippen molar-refractivity contribution in [1.82, 2.24) is 4.90 Å². The van der Waals surface area contributed by atoms with Crippen LogP contribution >= 0.6 is 0 Å². The third-order valence-corrected chi connectivity index (χ3v) is 1.58. The van der Waals surface area contributed by atoms with Crippen LogP contribution in [-0.4, -0.2) is 16.8 Å². The first kappa shape index (κ1) is 6.33. The van der Waals surface area contributed by atoms with Gasteiger partial charge in [-0.1, -0.05) is 6.08 Å². The van der Waals surface area contributed by atoms with Crippen molar-refractivity contribution in [3.05, 3.63) is 12.3 Å². The van der Waals surface area contributed by atoms with Crippen LogP contribution in [0.25, 0.3) is 0 Å². The molecule has 0 radical (unpaired) electrons. The van der Waals surface area contributed by atoms with E-state index in [4.69, 9.17) is 0 Å². The smallest absolute Gasteiger partial charge is 0.223 e. The minimum atomic E-state index is 0.135. The molecule has 0 fully saturated rings. The fourth-order valence-corrected chi connectivity index (χ4v) is 1.05. The third kappa shape index (κ3) is 1.12. The fraction of sp³-hybridized carbons (Fsp3) is 0.571. The second kappa shape index (κ2) is 2.21. The number of carbonyl (C=O) groups excluding carboxylic acids is 1. The summed E-state index contributed by atoms with van der Waals surface area (Å²) >= 11 is 0. The Balaban J connectivity index is 2.59. The van der Waals surface area contributed by atoms with Crippen LogP contribution in [0.5, 0.6) is 0 Å². The zero-order valence-electron chi connectivity index (χ0n) is 5.79. The Bertz CT molecular complexity index is 151. The van der Waals surface area contributed by atoms with Gasteiger partial charge in [-0.15, -0.1) is 0 Å². The van der Waals surface area contributed by atoms with Crippen molar-refractivity contribution in [1.29, 1.82) is 0 Å². The van der Waals surface area contributed by atoms with Gasteiger partial charge in [0.05, 0.1) is 0 Å². The molecule has 0 aliphatic carbocycles. The van der Waals surface area contributed by atoms with Crippen molar-refractivity contribution in [2.45, 2.75) is 26.3 Å². The van der Waals surface area contributed by atoms with Gasteiger partial charge < -0.3 is 4.90 Å². The summed E-state index contributed by atoms with van der Waals surface area (Å²) in [7, 11) is 0. The normalized spacial score (nSPS) is 25.1.